The Balaban J connectivity index is 1.51. The second-order valence-electron chi connectivity index (χ2n) is 10.6. The maximum absolute atomic E-state index is 7.11. The van der Waals surface area contributed by atoms with Crippen molar-refractivity contribution in [2.45, 2.75) is 0 Å². The van der Waals surface area contributed by atoms with E-state index in [1.807, 2.05) is 91.3 Å². The summed E-state index contributed by atoms with van der Waals surface area (Å²) in [6.45, 7) is 0. The highest BCUT2D eigenvalue weighted by molar-refractivity contribution is 6.08. The van der Waals surface area contributed by atoms with Crippen LogP contribution in [0, 0.1) is 0 Å². The summed E-state index contributed by atoms with van der Waals surface area (Å²) in [7, 11) is 0. The largest absolute Gasteiger partial charge is 0.396 e. The summed E-state index contributed by atoms with van der Waals surface area (Å²) in [6, 6.07) is 40.6. The van der Waals surface area contributed by atoms with Gasteiger partial charge in [0.15, 0.2) is 0 Å². The van der Waals surface area contributed by atoms with Gasteiger partial charge < -0.3 is 20.6 Å². The van der Waals surface area contributed by atoms with Crippen LogP contribution in [-0.4, -0.2) is 24.1 Å². The number of hydrogen-bond acceptors (Lipinski definition) is 5. The highest BCUT2D eigenvalue weighted by Gasteiger charge is 2.27. The predicted molar refractivity (Wildman–Crippen MR) is 179 cm³/mol. The molecule has 0 atom stereocenters. The van der Waals surface area contributed by atoms with Gasteiger partial charge in [0.1, 0.15) is 5.52 Å². The van der Waals surface area contributed by atoms with Gasteiger partial charge in [-0.1, -0.05) is 48.5 Å². The van der Waals surface area contributed by atoms with Crippen molar-refractivity contribution in [1.82, 2.24) is 24.1 Å². The molecular weight excluding hydrogens is 542 g/mol. The van der Waals surface area contributed by atoms with Crippen molar-refractivity contribution >= 4 is 33.3 Å². The zero-order chi connectivity index (χ0) is 29.6. The molecule has 3 aromatic carbocycles. The first-order valence-corrected chi connectivity index (χ1v) is 14.4. The molecule has 8 aromatic rings. The number of anilines is 2. The van der Waals surface area contributed by atoms with Crippen molar-refractivity contribution in [2.24, 2.45) is 0 Å². The van der Waals surface area contributed by atoms with Crippen LogP contribution in [0.25, 0.3) is 67.2 Å². The van der Waals surface area contributed by atoms with Crippen LogP contribution in [0.1, 0.15) is 0 Å². The van der Waals surface area contributed by atoms with E-state index >= 15 is 0 Å². The Bertz CT molecular complexity index is 2230. The summed E-state index contributed by atoms with van der Waals surface area (Å²) in [5.74, 6) is 0. The van der Waals surface area contributed by atoms with Crippen LogP contribution in [0.5, 0.6) is 0 Å². The molecule has 4 N–H and O–H groups in total. The number of nitrogens with two attached hydrogens (primary N) is 2. The average molecular weight is 570 g/mol. The second-order valence-corrected chi connectivity index (χ2v) is 10.6. The third-order valence-electron chi connectivity index (χ3n) is 8.01. The molecule has 5 aromatic heterocycles. The van der Waals surface area contributed by atoms with E-state index in [0.29, 0.717) is 11.4 Å². The van der Waals surface area contributed by atoms with Crippen molar-refractivity contribution in [3.05, 3.63) is 140 Å². The van der Waals surface area contributed by atoms with Crippen LogP contribution in [0.3, 0.4) is 0 Å². The number of hydrogen-bond donors (Lipinski definition) is 2. The van der Waals surface area contributed by atoms with Crippen molar-refractivity contribution in [2.75, 3.05) is 11.5 Å². The van der Waals surface area contributed by atoms with E-state index in [-0.39, 0.29) is 0 Å². The Morgan fingerprint density at radius 2 is 1.02 bits per heavy atom. The second kappa shape index (κ2) is 10.3. The summed E-state index contributed by atoms with van der Waals surface area (Å²) in [5, 5.41) is 0.933. The van der Waals surface area contributed by atoms with Crippen molar-refractivity contribution in [1.29, 1.82) is 0 Å². The molecule has 0 amide bonds. The fourth-order valence-electron chi connectivity index (χ4n) is 6.09. The topological polar surface area (TPSA) is 101 Å². The Hall–Kier alpha value is -6.21. The van der Waals surface area contributed by atoms with Gasteiger partial charge >= 0.3 is 0 Å². The lowest BCUT2D eigenvalue weighted by atomic mass is 10.0. The number of rotatable bonds is 5. The summed E-state index contributed by atoms with van der Waals surface area (Å²) in [6.07, 6.45) is 5.39. The number of aromatic nitrogens is 5. The first-order valence-electron chi connectivity index (χ1n) is 14.4. The van der Waals surface area contributed by atoms with Crippen molar-refractivity contribution in [3.8, 4) is 45.3 Å². The summed E-state index contributed by atoms with van der Waals surface area (Å²) < 4.78 is 4.36. The van der Waals surface area contributed by atoms with Gasteiger partial charge in [0.05, 0.1) is 45.2 Å². The normalized spacial score (nSPS) is 11.4. The molecule has 7 nitrogen and oxygen atoms in total. The fourth-order valence-corrected chi connectivity index (χ4v) is 6.09. The zero-order valence-electron chi connectivity index (χ0n) is 23.7. The van der Waals surface area contributed by atoms with Crippen molar-refractivity contribution in [3.63, 3.8) is 0 Å². The van der Waals surface area contributed by atoms with Crippen LogP contribution in [0.15, 0.2) is 140 Å². The molecule has 0 unspecified atom stereocenters. The lowest BCUT2D eigenvalue weighted by Crippen LogP contribution is -2.06. The molecule has 8 rings (SSSR count). The van der Waals surface area contributed by atoms with E-state index < -0.39 is 0 Å². The number of para-hydroxylation sites is 2. The molecule has 0 spiro atoms. The molecule has 0 saturated heterocycles. The zero-order valence-corrected chi connectivity index (χ0v) is 23.7. The molecule has 0 aliphatic rings. The standard InChI is InChI=1S/C37H27N7/c38-33-28-13-4-5-16-31(28)44(27-22-24(29-14-6-8-18-40-29)21-25(23-27)30-15-7-9-19-41-30)36(33)37-34(39)35-32(17-10-20-42-35)43(37)26-11-2-1-3-12-26/h1-23H,38-39H2. The van der Waals surface area contributed by atoms with E-state index in [1.54, 1.807) is 6.20 Å². The first kappa shape index (κ1) is 25.5. The maximum Gasteiger partial charge on any atom is 0.112 e. The van der Waals surface area contributed by atoms with E-state index in [4.69, 9.17) is 16.5 Å². The highest BCUT2D eigenvalue weighted by Crippen LogP contribution is 2.45. The van der Waals surface area contributed by atoms with Crippen LogP contribution >= 0.6 is 0 Å². The van der Waals surface area contributed by atoms with Gasteiger partial charge in [-0.05, 0) is 72.8 Å². The van der Waals surface area contributed by atoms with Crippen LogP contribution in [-0.2, 0) is 0 Å². The molecule has 0 saturated carbocycles. The number of nitrogen functional groups attached to an aromatic ring is 2. The SMILES string of the molecule is Nc1c(-c2c(N)c3ncccc3n2-c2ccccc2)n(-c2cc(-c3ccccn3)cc(-c3ccccn3)c2)c2ccccc12. The average Bonchev–Trinajstić information content (AvgIpc) is 3.55. The minimum atomic E-state index is 0.561. The maximum atomic E-state index is 7.11. The molecule has 0 fully saturated rings. The lowest BCUT2D eigenvalue weighted by molar-refractivity contribution is 1.07. The highest BCUT2D eigenvalue weighted by atomic mass is 15.1. The minimum absolute atomic E-state index is 0.561. The number of benzene rings is 3. The Morgan fingerprint density at radius 3 is 1.70 bits per heavy atom. The molecule has 0 bridgehead atoms. The molecule has 7 heteroatoms. The molecule has 0 radical (unpaired) electrons. The summed E-state index contributed by atoms with van der Waals surface area (Å²) in [4.78, 5) is 14.0. The summed E-state index contributed by atoms with van der Waals surface area (Å²) in [5.41, 5.74) is 25.0. The minimum Gasteiger partial charge on any atom is -0.396 e. The quantitative estimate of drug-likeness (QED) is 0.219. The fraction of sp³-hybridized carbons (Fsp3) is 0. The molecule has 0 aliphatic carbocycles. The van der Waals surface area contributed by atoms with Gasteiger partial charge in [0.25, 0.3) is 0 Å². The van der Waals surface area contributed by atoms with E-state index in [2.05, 4.69) is 61.6 Å². The molecule has 5 heterocycles. The molecule has 210 valence electrons. The number of pyridine rings is 3. The van der Waals surface area contributed by atoms with Crippen LogP contribution < -0.4 is 11.5 Å². The number of nitrogens with zero attached hydrogens (tertiary/aromatic N) is 5. The van der Waals surface area contributed by atoms with Gasteiger partial charge in [-0.2, -0.15) is 0 Å². The van der Waals surface area contributed by atoms with Gasteiger partial charge in [-0.15, -0.1) is 0 Å². The Morgan fingerprint density at radius 1 is 0.455 bits per heavy atom. The van der Waals surface area contributed by atoms with Crippen LogP contribution in [0.4, 0.5) is 11.4 Å². The Labute approximate surface area is 253 Å². The smallest absolute Gasteiger partial charge is 0.112 e. The third kappa shape index (κ3) is 4.02. The first-order chi connectivity index (χ1) is 21.7. The predicted octanol–water partition coefficient (Wildman–Crippen LogP) is 7.92. The van der Waals surface area contributed by atoms with Gasteiger partial charge in [0.2, 0.25) is 0 Å². The van der Waals surface area contributed by atoms with Gasteiger partial charge in [0, 0.05) is 46.5 Å². The molecule has 44 heavy (non-hydrogen) atoms. The lowest BCUT2D eigenvalue weighted by Gasteiger charge is -2.18. The van der Waals surface area contributed by atoms with Crippen LogP contribution in [0.2, 0.25) is 0 Å². The number of fused-ring (bicyclic) bond motifs is 2. The molecule has 0 aliphatic heterocycles. The van der Waals surface area contributed by atoms with Gasteiger partial charge in [-0.25, -0.2) is 0 Å². The Kier molecular flexibility index (Phi) is 5.94. The molecular formula is C37H27N7. The van der Waals surface area contributed by atoms with E-state index in [1.165, 1.54) is 0 Å². The third-order valence-corrected chi connectivity index (χ3v) is 8.01. The van der Waals surface area contributed by atoms with E-state index in [9.17, 15) is 0 Å². The summed E-state index contributed by atoms with van der Waals surface area (Å²) >= 11 is 0. The van der Waals surface area contributed by atoms with Gasteiger partial charge in [-0.3, -0.25) is 15.0 Å². The van der Waals surface area contributed by atoms with E-state index in [0.717, 1.165) is 67.2 Å². The monoisotopic (exact) mass is 569 g/mol. The van der Waals surface area contributed by atoms with Crippen molar-refractivity contribution < 1.29 is 0 Å².